The molecule has 1 aliphatic heterocycles. The van der Waals surface area contributed by atoms with Gasteiger partial charge in [0, 0.05) is 24.8 Å². The third-order valence-corrected chi connectivity index (χ3v) is 3.16. The zero-order chi connectivity index (χ0) is 13.8. The number of nitriles is 1. The average Bonchev–Trinajstić information content (AvgIpc) is 2.39. The molecule has 7 heteroatoms. The summed E-state index contributed by atoms with van der Waals surface area (Å²) in [5.41, 5.74) is 0.0466. The van der Waals surface area contributed by atoms with Gasteiger partial charge in [-0.1, -0.05) is 0 Å². The van der Waals surface area contributed by atoms with Crippen molar-refractivity contribution in [1.29, 1.82) is 5.26 Å². The molecule has 0 amide bonds. The highest BCUT2D eigenvalue weighted by Crippen LogP contribution is 2.24. The standard InChI is InChI=1S/C12H15N5O2/c1-16-4-2-3-10(8-16)15-12-11(17(18)19)5-9(6-13)7-14-12/h5,7,10H,2-4,8H2,1H3,(H,14,15). The molecule has 0 aliphatic carbocycles. The molecule has 1 fully saturated rings. The van der Waals surface area contributed by atoms with Gasteiger partial charge in [-0.3, -0.25) is 10.1 Å². The van der Waals surface area contributed by atoms with E-state index < -0.39 is 4.92 Å². The number of nitro groups is 1. The Hall–Kier alpha value is -2.20. The van der Waals surface area contributed by atoms with E-state index in [-0.39, 0.29) is 23.1 Å². The highest BCUT2D eigenvalue weighted by atomic mass is 16.6. The fourth-order valence-corrected chi connectivity index (χ4v) is 2.24. The number of hydrogen-bond acceptors (Lipinski definition) is 6. The smallest absolute Gasteiger partial charge is 0.312 e. The third kappa shape index (κ3) is 3.17. The second-order valence-electron chi connectivity index (χ2n) is 4.71. The Labute approximate surface area is 111 Å². The number of pyridine rings is 1. The van der Waals surface area contributed by atoms with Gasteiger partial charge in [-0.25, -0.2) is 4.98 Å². The van der Waals surface area contributed by atoms with Crippen molar-refractivity contribution in [3.05, 3.63) is 27.9 Å². The summed E-state index contributed by atoms with van der Waals surface area (Å²) in [6.45, 7) is 1.87. The number of nitrogens with one attached hydrogen (secondary N) is 1. The second-order valence-corrected chi connectivity index (χ2v) is 4.71. The highest BCUT2D eigenvalue weighted by molar-refractivity contribution is 5.58. The number of rotatable bonds is 3. The first-order valence-electron chi connectivity index (χ1n) is 6.10. The Morgan fingerprint density at radius 1 is 1.68 bits per heavy atom. The van der Waals surface area contributed by atoms with E-state index in [9.17, 15) is 10.1 Å². The lowest BCUT2D eigenvalue weighted by Gasteiger charge is -2.30. The number of hydrogen-bond donors (Lipinski definition) is 1. The molecule has 1 atom stereocenters. The average molecular weight is 261 g/mol. The lowest BCUT2D eigenvalue weighted by atomic mass is 10.1. The van der Waals surface area contributed by atoms with Crippen LogP contribution in [0, 0.1) is 21.4 Å². The van der Waals surface area contributed by atoms with Crippen molar-refractivity contribution in [3.63, 3.8) is 0 Å². The first kappa shape index (κ1) is 13.2. The Balaban J connectivity index is 2.20. The normalized spacial score (nSPS) is 19.7. The fraction of sp³-hybridized carbons (Fsp3) is 0.500. The monoisotopic (exact) mass is 261 g/mol. The maximum Gasteiger partial charge on any atom is 0.312 e. The van der Waals surface area contributed by atoms with E-state index in [0.717, 1.165) is 25.9 Å². The van der Waals surface area contributed by atoms with E-state index >= 15 is 0 Å². The molecule has 0 aromatic carbocycles. The Morgan fingerprint density at radius 3 is 3.11 bits per heavy atom. The summed E-state index contributed by atoms with van der Waals surface area (Å²) in [4.78, 5) is 16.7. The van der Waals surface area contributed by atoms with Crippen molar-refractivity contribution in [3.8, 4) is 6.07 Å². The summed E-state index contributed by atoms with van der Waals surface area (Å²) in [6, 6.07) is 3.26. The third-order valence-electron chi connectivity index (χ3n) is 3.16. The van der Waals surface area contributed by atoms with E-state index in [1.165, 1.54) is 12.3 Å². The molecule has 7 nitrogen and oxygen atoms in total. The molecule has 100 valence electrons. The molecule has 0 spiro atoms. The molecule has 1 aromatic heterocycles. The van der Waals surface area contributed by atoms with Gasteiger partial charge in [0.15, 0.2) is 0 Å². The number of likely N-dealkylation sites (N-methyl/N-ethyl adjacent to an activating group) is 1. The van der Waals surface area contributed by atoms with E-state index in [1.54, 1.807) is 0 Å². The van der Waals surface area contributed by atoms with Gasteiger partial charge >= 0.3 is 5.69 Å². The summed E-state index contributed by atoms with van der Waals surface area (Å²) in [5.74, 6) is 0.240. The van der Waals surface area contributed by atoms with Crippen molar-refractivity contribution in [2.24, 2.45) is 0 Å². The van der Waals surface area contributed by atoms with Crippen LogP contribution in [0.15, 0.2) is 12.3 Å². The van der Waals surface area contributed by atoms with Crippen LogP contribution >= 0.6 is 0 Å². The van der Waals surface area contributed by atoms with Gasteiger partial charge in [-0.15, -0.1) is 0 Å². The van der Waals surface area contributed by atoms with Crippen LogP contribution in [0.3, 0.4) is 0 Å². The predicted molar refractivity (Wildman–Crippen MR) is 69.7 cm³/mol. The van der Waals surface area contributed by atoms with Crippen molar-refractivity contribution in [2.75, 3.05) is 25.5 Å². The maximum absolute atomic E-state index is 11.0. The van der Waals surface area contributed by atoms with E-state index in [0.29, 0.717) is 0 Å². The van der Waals surface area contributed by atoms with Gasteiger partial charge in [0.1, 0.15) is 6.07 Å². The molecule has 1 aliphatic rings. The molecular formula is C12H15N5O2. The molecule has 2 heterocycles. The van der Waals surface area contributed by atoms with Crippen molar-refractivity contribution >= 4 is 11.5 Å². The minimum Gasteiger partial charge on any atom is -0.360 e. The topological polar surface area (TPSA) is 95.1 Å². The van der Waals surface area contributed by atoms with Crippen LogP contribution < -0.4 is 5.32 Å². The molecule has 0 saturated carbocycles. The highest BCUT2D eigenvalue weighted by Gasteiger charge is 2.22. The largest absolute Gasteiger partial charge is 0.360 e. The van der Waals surface area contributed by atoms with Crippen LogP contribution in [0.2, 0.25) is 0 Å². The molecule has 1 N–H and O–H groups in total. The van der Waals surface area contributed by atoms with Crippen molar-refractivity contribution < 1.29 is 4.92 Å². The number of piperidine rings is 1. The zero-order valence-corrected chi connectivity index (χ0v) is 10.7. The minimum atomic E-state index is -0.511. The van der Waals surface area contributed by atoms with Gasteiger partial charge in [0.2, 0.25) is 5.82 Å². The molecule has 2 rings (SSSR count). The fourth-order valence-electron chi connectivity index (χ4n) is 2.24. The zero-order valence-electron chi connectivity index (χ0n) is 10.7. The summed E-state index contributed by atoms with van der Waals surface area (Å²) >= 11 is 0. The summed E-state index contributed by atoms with van der Waals surface area (Å²) in [6.07, 6.45) is 3.36. The van der Waals surface area contributed by atoms with Crippen molar-refractivity contribution in [1.82, 2.24) is 9.88 Å². The number of aromatic nitrogens is 1. The Bertz CT molecular complexity index is 525. The molecular weight excluding hydrogens is 246 g/mol. The van der Waals surface area contributed by atoms with Crippen molar-refractivity contribution in [2.45, 2.75) is 18.9 Å². The maximum atomic E-state index is 11.0. The molecule has 19 heavy (non-hydrogen) atoms. The van der Waals surface area contributed by atoms with Crippen LogP contribution in [-0.4, -0.2) is 41.0 Å². The predicted octanol–water partition coefficient (Wildman–Crippen LogP) is 1.37. The first-order chi connectivity index (χ1) is 9.10. The summed E-state index contributed by atoms with van der Waals surface area (Å²) in [7, 11) is 2.02. The number of anilines is 1. The lowest BCUT2D eigenvalue weighted by Crippen LogP contribution is -2.40. The number of likely N-dealkylation sites (tertiary alicyclic amines) is 1. The van der Waals surface area contributed by atoms with E-state index in [2.05, 4.69) is 15.2 Å². The van der Waals surface area contributed by atoms with Gasteiger partial charge in [-0.2, -0.15) is 5.26 Å². The molecule has 0 bridgehead atoms. The van der Waals surface area contributed by atoms with Gasteiger partial charge in [-0.05, 0) is 26.4 Å². The number of nitrogens with zero attached hydrogens (tertiary/aromatic N) is 4. The van der Waals surface area contributed by atoms with Crippen LogP contribution in [0.5, 0.6) is 0 Å². The van der Waals surface area contributed by atoms with Gasteiger partial charge in [0.05, 0.1) is 10.5 Å². The summed E-state index contributed by atoms with van der Waals surface area (Å²) < 4.78 is 0. The minimum absolute atomic E-state index is 0.146. The first-order valence-corrected chi connectivity index (χ1v) is 6.10. The van der Waals surface area contributed by atoms with Gasteiger partial charge in [0.25, 0.3) is 0 Å². The van der Waals surface area contributed by atoms with E-state index in [4.69, 9.17) is 5.26 Å². The SMILES string of the molecule is CN1CCCC(Nc2ncc(C#N)cc2[N+](=O)[O-])C1. The molecule has 1 aromatic rings. The molecule has 1 unspecified atom stereocenters. The Kier molecular flexibility index (Phi) is 3.92. The van der Waals surface area contributed by atoms with Crippen LogP contribution in [0.25, 0.3) is 0 Å². The Morgan fingerprint density at radius 2 is 2.47 bits per heavy atom. The van der Waals surface area contributed by atoms with Crippen LogP contribution in [0.1, 0.15) is 18.4 Å². The van der Waals surface area contributed by atoms with Crippen LogP contribution in [0.4, 0.5) is 11.5 Å². The quantitative estimate of drug-likeness (QED) is 0.652. The molecule has 0 radical (unpaired) electrons. The molecule has 1 saturated heterocycles. The second kappa shape index (κ2) is 5.63. The lowest BCUT2D eigenvalue weighted by molar-refractivity contribution is -0.384. The summed E-state index contributed by atoms with van der Waals surface area (Å²) in [5, 5.41) is 22.9. The van der Waals surface area contributed by atoms with E-state index in [1.807, 2.05) is 13.1 Å². The van der Waals surface area contributed by atoms with Crippen LogP contribution in [-0.2, 0) is 0 Å². The van der Waals surface area contributed by atoms with Gasteiger partial charge < -0.3 is 10.2 Å².